The maximum absolute atomic E-state index is 12.9. The van der Waals surface area contributed by atoms with Gasteiger partial charge in [0.1, 0.15) is 11.6 Å². The molecule has 4 heteroatoms. The minimum absolute atomic E-state index is 0.0134. The van der Waals surface area contributed by atoms with Crippen molar-refractivity contribution in [2.75, 3.05) is 12.4 Å². The molecule has 3 rings (SSSR count). The molecule has 25 heavy (non-hydrogen) atoms. The number of carbonyl (C=O) groups is 1. The van der Waals surface area contributed by atoms with Crippen molar-refractivity contribution in [3.05, 3.63) is 59.9 Å². The van der Waals surface area contributed by atoms with Gasteiger partial charge < -0.3 is 10.1 Å². The number of amides is 1. The number of rotatable bonds is 5. The van der Waals surface area contributed by atoms with Gasteiger partial charge in [-0.3, -0.25) is 4.79 Å². The van der Waals surface area contributed by atoms with Crippen LogP contribution in [0, 0.1) is 11.7 Å². The summed E-state index contributed by atoms with van der Waals surface area (Å²) in [5.74, 6) is 1.60. The molecule has 0 radical (unpaired) electrons. The molecule has 0 bridgehead atoms. The van der Waals surface area contributed by atoms with Crippen LogP contribution in [0.15, 0.2) is 48.5 Å². The van der Waals surface area contributed by atoms with Crippen molar-refractivity contribution in [3.63, 3.8) is 0 Å². The Hall–Kier alpha value is -2.36. The van der Waals surface area contributed by atoms with Crippen molar-refractivity contribution < 1.29 is 13.9 Å². The number of halogens is 1. The Bertz CT molecular complexity index is 689. The monoisotopic (exact) mass is 341 g/mol. The molecule has 1 N–H and O–H groups in total. The average Bonchev–Trinajstić information content (AvgIpc) is 2.64. The second-order valence-corrected chi connectivity index (χ2v) is 6.75. The van der Waals surface area contributed by atoms with Crippen LogP contribution in [0.5, 0.6) is 5.75 Å². The van der Waals surface area contributed by atoms with Gasteiger partial charge >= 0.3 is 0 Å². The topological polar surface area (TPSA) is 38.3 Å². The first-order chi connectivity index (χ1) is 12.1. The first kappa shape index (κ1) is 17.5. The molecule has 2 aromatic rings. The third-order valence-electron chi connectivity index (χ3n) is 5.04. The fourth-order valence-electron chi connectivity index (χ4n) is 3.58. The average molecular weight is 341 g/mol. The Kier molecular flexibility index (Phi) is 5.69. The van der Waals surface area contributed by atoms with Crippen molar-refractivity contribution in [2.45, 2.75) is 38.0 Å². The summed E-state index contributed by atoms with van der Waals surface area (Å²) in [6.07, 6.45) is 4.88. The molecule has 3 nitrogen and oxygen atoms in total. The highest BCUT2D eigenvalue weighted by Gasteiger charge is 2.24. The molecule has 1 aliphatic carbocycles. The van der Waals surface area contributed by atoms with E-state index < -0.39 is 0 Å². The van der Waals surface area contributed by atoms with Crippen molar-refractivity contribution in [1.82, 2.24) is 0 Å². The molecule has 1 amide bonds. The maximum atomic E-state index is 12.9. The summed E-state index contributed by atoms with van der Waals surface area (Å²) >= 11 is 0. The molecule has 1 fully saturated rings. The second kappa shape index (κ2) is 8.15. The Morgan fingerprint density at radius 2 is 1.68 bits per heavy atom. The second-order valence-electron chi connectivity index (χ2n) is 6.75. The van der Waals surface area contributed by atoms with E-state index >= 15 is 0 Å². The third-order valence-corrected chi connectivity index (χ3v) is 5.04. The minimum Gasteiger partial charge on any atom is -0.497 e. The van der Waals surface area contributed by atoms with Crippen molar-refractivity contribution in [3.8, 4) is 5.75 Å². The Morgan fingerprint density at radius 1 is 1.04 bits per heavy atom. The number of hydrogen-bond acceptors (Lipinski definition) is 2. The van der Waals surface area contributed by atoms with Gasteiger partial charge in [-0.1, -0.05) is 12.1 Å². The summed E-state index contributed by atoms with van der Waals surface area (Å²) in [5.41, 5.74) is 2.01. The van der Waals surface area contributed by atoms with Crippen LogP contribution in [0.2, 0.25) is 0 Å². The van der Waals surface area contributed by atoms with Crippen LogP contribution in [0.1, 0.15) is 43.6 Å². The smallest absolute Gasteiger partial charge is 0.224 e. The van der Waals surface area contributed by atoms with Crippen LogP contribution in [-0.2, 0) is 4.79 Å². The summed E-state index contributed by atoms with van der Waals surface area (Å²) < 4.78 is 18.1. The van der Waals surface area contributed by atoms with Gasteiger partial charge in [0.2, 0.25) is 5.91 Å². The number of methoxy groups -OCH3 is 1. The van der Waals surface area contributed by atoms with E-state index in [1.807, 2.05) is 12.1 Å². The fourth-order valence-corrected chi connectivity index (χ4v) is 3.58. The third kappa shape index (κ3) is 4.81. The number of anilines is 1. The lowest BCUT2D eigenvalue weighted by atomic mass is 9.77. The molecule has 0 aromatic heterocycles. The Balaban J connectivity index is 1.46. The van der Waals surface area contributed by atoms with Gasteiger partial charge in [-0.05, 0) is 79.5 Å². The van der Waals surface area contributed by atoms with E-state index in [0.29, 0.717) is 23.9 Å². The largest absolute Gasteiger partial charge is 0.497 e. The highest BCUT2D eigenvalue weighted by Crippen LogP contribution is 2.37. The standard InChI is InChI=1S/C21H24FNO2/c1-25-20-12-6-17(7-13-20)16-4-2-15(3-5-16)14-21(24)23-19-10-8-18(22)9-11-19/h6-13,15-16H,2-5,14H2,1H3,(H,23,24). The quantitative estimate of drug-likeness (QED) is 0.818. The van der Waals surface area contributed by atoms with E-state index in [-0.39, 0.29) is 11.7 Å². The van der Waals surface area contributed by atoms with E-state index in [2.05, 4.69) is 17.4 Å². The van der Waals surface area contributed by atoms with Gasteiger partial charge in [-0.25, -0.2) is 4.39 Å². The number of benzene rings is 2. The fraction of sp³-hybridized carbons (Fsp3) is 0.381. The summed E-state index contributed by atoms with van der Waals surface area (Å²) in [7, 11) is 1.68. The lowest BCUT2D eigenvalue weighted by Crippen LogP contribution is -2.20. The van der Waals surface area contributed by atoms with Crippen molar-refractivity contribution in [1.29, 1.82) is 0 Å². The van der Waals surface area contributed by atoms with E-state index in [9.17, 15) is 9.18 Å². The van der Waals surface area contributed by atoms with E-state index in [1.54, 1.807) is 19.2 Å². The number of carbonyl (C=O) groups excluding carboxylic acids is 1. The molecular formula is C21H24FNO2. The molecule has 0 aliphatic heterocycles. The number of ether oxygens (including phenoxy) is 1. The number of nitrogens with one attached hydrogen (secondary N) is 1. The maximum Gasteiger partial charge on any atom is 0.224 e. The van der Waals surface area contributed by atoms with Crippen LogP contribution in [0.3, 0.4) is 0 Å². The van der Waals surface area contributed by atoms with E-state index in [1.165, 1.54) is 17.7 Å². The van der Waals surface area contributed by atoms with Gasteiger partial charge in [0.05, 0.1) is 7.11 Å². The van der Waals surface area contributed by atoms with Crippen LogP contribution in [0.25, 0.3) is 0 Å². The summed E-state index contributed by atoms with van der Waals surface area (Å²) in [6.45, 7) is 0. The van der Waals surface area contributed by atoms with Crippen molar-refractivity contribution in [2.24, 2.45) is 5.92 Å². The highest BCUT2D eigenvalue weighted by molar-refractivity contribution is 5.90. The lowest BCUT2D eigenvalue weighted by molar-refractivity contribution is -0.117. The first-order valence-corrected chi connectivity index (χ1v) is 8.83. The van der Waals surface area contributed by atoms with Crippen LogP contribution < -0.4 is 10.1 Å². The first-order valence-electron chi connectivity index (χ1n) is 8.83. The zero-order valence-corrected chi connectivity index (χ0v) is 14.5. The predicted molar refractivity (Wildman–Crippen MR) is 97.3 cm³/mol. The zero-order chi connectivity index (χ0) is 17.6. The Morgan fingerprint density at radius 3 is 2.28 bits per heavy atom. The highest BCUT2D eigenvalue weighted by atomic mass is 19.1. The molecule has 1 saturated carbocycles. The molecular weight excluding hydrogens is 317 g/mol. The Labute approximate surface area is 148 Å². The zero-order valence-electron chi connectivity index (χ0n) is 14.5. The van der Waals surface area contributed by atoms with Gasteiger partial charge in [0.25, 0.3) is 0 Å². The van der Waals surface area contributed by atoms with Gasteiger partial charge in [-0.2, -0.15) is 0 Å². The molecule has 0 saturated heterocycles. The van der Waals surface area contributed by atoms with Crippen molar-refractivity contribution >= 4 is 11.6 Å². The molecule has 0 unspecified atom stereocenters. The minimum atomic E-state index is -0.296. The SMILES string of the molecule is COc1ccc(C2CCC(CC(=O)Nc3ccc(F)cc3)CC2)cc1. The number of hydrogen-bond donors (Lipinski definition) is 1. The molecule has 1 aliphatic rings. The molecule has 0 spiro atoms. The summed E-state index contributed by atoms with van der Waals surface area (Å²) in [5, 5.41) is 2.85. The van der Waals surface area contributed by atoms with E-state index in [4.69, 9.17) is 4.74 Å². The molecule has 0 atom stereocenters. The van der Waals surface area contributed by atoms with Gasteiger partial charge in [-0.15, -0.1) is 0 Å². The summed E-state index contributed by atoms with van der Waals surface area (Å²) in [6, 6.07) is 14.2. The summed E-state index contributed by atoms with van der Waals surface area (Å²) in [4.78, 5) is 12.2. The normalized spacial score (nSPS) is 20.1. The van der Waals surface area contributed by atoms with E-state index in [0.717, 1.165) is 31.4 Å². The molecule has 2 aromatic carbocycles. The predicted octanol–water partition coefficient (Wildman–Crippen LogP) is 5.14. The van der Waals surface area contributed by atoms with Crippen LogP contribution in [-0.4, -0.2) is 13.0 Å². The van der Waals surface area contributed by atoms with Crippen LogP contribution >= 0.6 is 0 Å². The molecule has 0 heterocycles. The van der Waals surface area contributed by atoms with Gasteiger partial charge in [0.15, 0.2) is 0 Å². The molecule has 132 valence electrons. The van der Waals surface area contributed by atoms with Crippen LogP contribution in [0.4, 0.5) is 10.1 Å². The lowest BCUT2D eigenvalue weighted by Gasteiger charge is -2.28. The van der Waals surface area contributed by atoms with Gasteiger partial charge in [0, 0.05) is 12.1 Å².